The number of hydrogen-bond donors (Lipinski definition) is 1. The second-order valence-electron chi connectivity index (χ2n) is 4.22. The first-order valence-corrected chi connectivity index (χ1v) is 5.85. The van der Waals surface area contributed by atoms with Gasteiger partial charge in [0.2, 0.25) is 0 Å². The van der Waals surface area contributed by atoms with Gasteiger partial charge in [-0.3, -0.25) is 4.79 Å². The smallest absolute Gasteiger partial charge is 0.305 e. The number of hydrogen-bond acceptors (Lipinski definition) is 5. The zero-order valence-corrected chi connectivity index (χ0v) is 10.8. The number of carbonyl (C=O) groups is 1. The van der Waals surface area contributed by atoms with Crippen molar-refractivity contribution >= 4 is 11.8 Å². The first-order valence-electron chi connectivity index (χ1n) is 5.85. The monoisotopic (exact) mass is 261 g/mol. The highest BCUT2D eigenvalue weighted by Gasteiger charge is 2.07. The summed E-state index contributed by atoms with van der Waals surface area (Å²) in [6, 6.07) is 5.47. The summed E-state index contributed by atoms with van der Waals surface area (Å²) in [4.78, 5) is 12.3. The van der Waals surface area contributed by atoms with Crippen LogP contribution in [0.2, 0.25) is 0 Å². The summed E-state index contributed by atoms with van der Waals surface area (Å²) in [7, 11) is 1.78. The van der Waals surface area contributed by atoms with Crippen LogP contribution in [0.25, 0.3) is 5.82 Å². The maximum atomic E-state index is 10.5. The second kappa shape index (κ2) is 5.47. The zero-order valence-electron chi connectivity index (χ0n) is 10.8. The minimum absolute atomic E-state index is 0.0677. The first kappa shape index (κ1) is 13.0. The van der Waals surface area contributed by atoms with Crippen molar-refractivity contribution in [2.45, 2.75) is 13.3 Å². The summed E-state index contributed by atoms with van der Waals surface area (Å²) in [5.41, 5.74) is 0.907. The quantitative estimate of drug-likeness (QED) is 0.860. The van der Waals surface area contributed by atoms with Gasteiger partial charge in [0, 0.05) is 19.8 Å². The zero-order chi connectivity index (χ0) is 13.8. The van der Waals surface area contributed by atoms with E-state index in [9.17, 15) is 4.79 Å². The molecule has 0 radical (unpaired) electrons. The van der Waals surface area contributed by atoms with E-state index in [0.717, 1.165) is 5.69 Å². The Hall–Kier alpha value is -2.44. The number of carboxylic acids is 1. The lowest BCUT2D eigenvalue weighted by molar-refractivity contribution is -0.136. The fourth-order valence-corrected chi connectivity index (χ4v) is 1.56. The molecule has 7 heteroatoms. The Kier molecular flexibility index (Phi) is 3.74. The lowest BCUT2D eigenvalue weighted by Crippen LogP contribution is -2.22. The van der Waals surface area contributed by atoms with Gasteiger partial charge < -0.3 is 10.0 Å². The molecule has 7 nitrogen and oxygen atoms in total. The Bertz CT molecular complexity index is 564. The molecule has 0 aliphatic carbocycles. The third kappa shape index (κ3) is 3.27. The lowest BCUT2D eigenvalue weighted by Gasteiger charge is -2.16. The minimum Gasteiger partial charge on any atom is -0.481 e. The third-order valence-corrected chi connectivity index (χ3v) is 2.65. The van der Waals surface area contributed by atoms with Crippen molar-refractivity contribution < 1.29 is 9.90 Å². The van der Waals surface area contributed by atoms with Gasteiger partial charge in [-0.25, -0.2) is 4.68 Å². The molecule has 0 atom stereocenters. The van der Waals surface area contributed by atoms with Crippen LogP contribution in [0.5, 0.6) is 0 Å². The van der Waals surface area contributed by atoms with Gasteiger partial charge in [-0.2, -0.15) is 5.10 Å². The lowest BCUT2D eigenvalue weighted by atomic mass is 10.4. The van der Waals surface area contributed by atoms with Gasteiger partial charge in [0.25, 0.3) is 0 Å². The third-order valence-electron chi connectivity index (χ3n) is 2.65. The van der Waals surface area contributed by atoms with Crippen LogP contribution in [0.4, 0.5) is 5.82 Å². The summed E-state index contributed by atoms with van der Waals surface area (Å²) >= 11 is 0. The number of carboxylic acid groups (broad SMARTS) is 1. The summed E-state index contributed by atoms with van der Waals surface area (Å²) < 4.78 is 1.64. The predicted molar refractivity (Wildman–Crippen MR) is 69.4 cm³/mol. The Balaban J connectivity index is 2.07. The molecule has 0 aliphatic rings. The van der Waals surface area contributed by atoms with Gasteiger partial charge in [-0.15, -0.1) is 10.2 Å². The number of aromatic nitrogens is 4. The number of anilines is 1. The largest absolute Gasteiger partial charge is 0.481 e. The summed E-state index contributed by atoms with van der Waals surface area (Å²) in [5, 5.41) is 21.0. The van der Waals surface area contributed by atoms with Crippen molar-refractivity contribution in [1.82, 2.24) is 20.0 Å². The van der Waals surface area contributed by atoms with Gasteiger partial charge in [0.15, 0.2) is 11.6 Å². The molecule has 0 spiro atoms. The van der Waals surface area contributed by atoms with Crippen molar-refractivity contribution in [3.8, 4) is 5.82 Å². The van der Waals surface area contributed by atoms with Gasteiger partial charge in [-0.05, 0) is 25.1 Å². The highest BCUT2D eigenvalue weighted by molar-refractivity contribution is 5.67. The normalized spacial score (nSPS) is 10.4. The van der Waals surface area contributed by atoms with E-state index in [4.69, 9.17) is 5.11 Å². The van der Waals surface area contributed by atoms with Crippen molar-refractivity contribution in [2.24, 2.45) is 0 Å². The number of nitrogens with zero attached hydrogens (tertiary/aromatic N) is 5. The van der Waals surface area contributed by atoms with E-state index in [1.807, 2.05) is 19.2 Å². The standard InChI is InChI=1S/C12H15N5O2/c1-9-5-8-17(15-9)11-4-3-10(13-14-11)16(2)7-6-12(18)19/h3-5,8H,6-7H2,1-2H3,(H,18,19). The molecule has 2 heterocycles. The van der Waals surface area contributed by atoms with Gasteiger partial charge in [-0.1, -0.05) is 0 Å². The molecule has 100 valence electrons. The summed E-state index contributed by atoms with van der Waals surface area (Å²) in [5.74, 6) is 0.431. The molecule has 2 aromatic rings. The summed E-state index contributed by atoms with van der Waals surface area (Å²) in [6.45, 7) is 2.29. The van der Waals surface area contributed by atoms with Gasteiger partial charge in [0.05, 0.1) is 12.1 Å². The molecule has 2 aromatic heterocycles. The van der Waals surface area contributed by atoms with E-state index >= 15 is 0 Å². The molecule has 2 rings (SSSR count). The molecular weight excluding hydrogens is 246 g/mol. The molecule has 1 N–H and O–H groups in total. The van der Waals surface area contributed by atoms with Crippen LogP contribution in [0.15, 0.2) is 24.4 Å². The average molecular weight is 261 g/mol. The molecule has 0 saturated heterocycles. The van der Waals surface area contributed by atoms with Crippen LogP contribution in [-0.2, 0) is 4.79 Å². The molecule has 0 unspecified atom stereocenters. The van der Waals surface area contributed by atoms with E-state index < -0.39 is 5.97 Å². The maximum Gasteiger partial charge on any atom is 0.305 e. The van der Waals surface area contributed by atoms with Crippen molar-refractivity contribution in [3.05, 3.63) is 30.1 Å². The average Bonchev–Trinajstić information content (AvgIpc) is 2.83. The molecule has 0 aliphatic heterocycles. The Morgan fingerprint density at radius 2 is 2.16 bits per heavy atom. The van der Waals surface area contributed by atoms with Crippen LogP contribution in [0.1, 0.15) is 12.1 Å². The first-order chi connectivity index (χ1) is 9.06. The maximum absolute atomic E-state index is 10.5. The molecule has 0 aromatic carbocycles. The van der Waals surface area contributed by atoms with Crippen LogP contribution in [0.3, 0.4) is 0 Å². The van der Waals surface area contributed by atoms with Crippen LogP contribution < -0.4 is 4.90 Å². The van der Waals surface area contributed by atoms with Crippen molar-refractivity contribution in [3.63, 3.8) is 0 Å². The second-order valence-corrected chi connectivity index (χ2v) is 4.22. The molecule has 0 saturated carbocycles. The highest BCUT2D eigenvalue weighted by Crippen LogP contribution is 2.10. The molecule has 0 amide bonds. The van der Waals surface area contributed by atoms with Crippen LogP contribution in [-0.4, -0.2) is 44.6 Å². The fraction of sp³-hybridized carbons (Fsp3) is 0.333. The molecule has 0 bridgehead atoms. The molecule has 19 heavy (non-hydrogen) atoms. The highest BCUT2D eigenvalue weighted by atomic mass is 16.4. The van der Waals surface area contributed by atoms with Crippen molar-refractivity contribution in [2.75, 3.05) is 18.5 Å². The molecule has 0 fully saturated rings. The van der Waals surface area contributed by atoms with E-state index in [0.29, 0.717) is 18.2 Å². The topological polar surface area (TPSA) is 84.1 Å². The van der Waals surface area contributed by atoms with Crippen LogP contribution in [0, 0.1) is 6.92 Å². The number of aliphatic carboxylic acids is 1. The van der Waals surface area contributed by atoms with E-state index in [1.54, 1.807) is 28.8 Å². The van der Waals surface area contributed by atoms with E-state index in [1.165, 1.54) is 0 Å². The van der Waals surface area contributed by atoms with E-state index in [2.05, 4.69) is 15.3 Å². The Morgan fingerprint density at radius 3 is 2.68 bits per heavy atom. The van der Waals surface area contributed by atoms with E-state index in [-0.39, 0.29) is 6.42 Å². The predicted octanol–water partition coefficient (Wildman–Crippen LogP) is 0.882. The fourth-order valence-electron chi connectivity index (χ4n) is 1.56. The SMILES string of the molecule is Cc1ccn(-c2ccc(N(C)CCC(=O)O)nn2)n1. The molecular formula is C12H15N5O2. The minimum atomic E-state index is -0.830. The summed E-state index contributed by atoms with van der Waals surface area (Å²) in [6.07, 6.45) is 1.88. The Labute approximate surface area is 110 Å². The van der Waals surface area contributed by atoms with Gasteiger partial charge >= 0.3 is 5.97 Å². The van der Waals surface area contributed by atoms with Gasteiger partial charge in [0.1, 0.15) is 0 Å². The van der Waals surface area contributed by atoms with Crippen LogP contribution >= 0.6 is 0 Å². The number of rotatable bonds is 5. The Morgan fingerprint density at radius 1 is 1.37 bits per heavy atom. The van der Waals surface area contributed by atoms with Crippen molar-refractivity contribution in [1.29, 1.82) is 0 Å². The number of aryl methyl sites for hydroxylation is 1.